The van der Waals surface area contributed by atoms with E-state index in [0.29, 0.717) is 27.2 Å². The number of halogens is 3. The van der Waals surface area contributed by atoms with E-state index in [0.717, 1.165) is 42.4 Å². The summed E-state index contributed by atoms with van der Waals surface area (Å²) in [5, 5.41) is 4.88. The monoisotopic (exact) mass is 588 g/mol. The average molecular weight is 590 g/mol. The summed E-state index contributed by atoms with van der Waals surface area (Å²) in [7, 11) is 0. The summed E-state index contributed by atoms with van der Waals surface area (Å²) in [6.07, 6.45) is 4.57. The van der Waals surface area contributed by atoms with Crippen LogP contribution in [0.15, 0.2) is 72.8 Å². The number of benzene rings is 3. The maximum atomic E-state index is 13.8. The van der Waals surface area contributed by atoms with E-state index in [1.165, 1.54) is 11.8 Å². The molecule has 0 bridgehead atoms. The van der Waals surface area contributed by atoms with Crippen molar-refractivity contribution in [1.29, 1.82) is 0 Å². The van der Waals surface area contributed by atoms with Crippen LogP contribution in [0.2, 0.25) is 15.1 Å². The number of nitrogens with zero attached hydrogens (tertiary/aromatic N) is 1. The third-order valence-electron chi connectivity index (χ3n) is 6.71. The molecule has 2 amide bonds. The standard InChI is InChI=1S/C30H31Cl3N2O2S/c31-24-10-6-9-22(15-24)19-38-20-29(36)35(18-23-13-14-25(32)17-27(23)33)28(16-21-7-2-1-3-8-21)30(37)34-26-11-4-5-12-26/h1-3,6-10,13-15,17,26,28H,4-5,11-12,16,18-20H2,(H,34,37). The summed E-state index contributed by atoms with van der Waals surface area (Å²) in [4.78, 5) is 29.2. The van der Waals surface area contributed by atoms with Gasteiger partial charge in [0.05, 0.1) is 5.75 Å². The van der Waals surface area contributed by atoms with Crippen LogP contribution >= 0.6 is 46.6 Å². The lowest BCUT2D eigenvalue weighted by atomic mass is 10.0. The summed E-state index contributed by atoms with van der Waals surface area (Å²) in [6.45, 7) is 0.210. The van der Waals surface area contributed by atoms with E-state index in [1.54, 1.807) is 17.0 Å². The van der Waals surface area contributed by atoms with E-state index in [9.17, 15) is 9.59 Å². The van der Waals surface area contributed by atoms with E-state index in [-0.39, 0.29) is 30.2 Å². The summed E-state index contributed by atoms with van der Waals surface area (Å²) in [5.74, 6) is 0.615. The molecule has 0 aromatic heterocycles. The molecule has 1 aliphatic carbocycles. The van der Waals surface area contributed by atoms with Crippen molar-refractivity contribution in [3.05, 3.63) is 105 Å². The number of amides is 2. The van der Waals surface area contributed by atoms with Gasteiger partial charge in [-0.05, 0) is 53.8 Å². The predicted octanol–water partition coefficient (Wildman–Crippen LogP) is 7.58. The van der Waals surface area contributed by atoms with Crippen molar-refractivity contribution in [3.63, 3.8) is 0 Å². The third kappa shape index (κ3) is 8.41. The van der Waals surface area contributed by atoms with Gasteiger partial charge in [-0.1, -0.05) is 96.2 Å². The summed E-state index contributed by atoms with van der Waals surface area (Å²) in [5.41, 5.74) is 2.78. The van der Waals surface area contributed by atoms with Crippen molar-refractivity contribution >= 4 is 58.4 Å². The van der Waals surface area contributed by atoms with Gasteiger partial charge in [0.25, 0.3) is 0 Å². The molecule has 1 fully saturated rings. The van der Waals surface area contributed by atoms with Crippen LogP contribution in [0.25, 0.3) is 0 Å². The molecule has 4 nitrogen and oxygen atoms in total. The molecule has 3 aromatic carbocycles. The zero-order chi connectivity index (χ0) is 26.9. The molecule has 1 saturated carbocycles. The Kier molecular flexibility index (Phi) is 10.8. The molecule has 8 heteroatoms. The molecule has 200 valence electrons. The van der Waals surface area contributed by atoms with Gasteiger partial charge in [-0.2, -0.15) is 0 Å². The van der Waals surface area contributed by atoms with Crippen LogP contribution in [0, 0.1) is 0 Å². The van der Waals surface area contributed by atoms with Gasteiger partial charge in [-0.15, -0.1) is 11.8 Å². The minimum absolute atomic E-state index is 0.120. The van der Waals surface area contributed by atoms with Gasteiger partial charge in [0.15, 0.2) is 0 Å². The second-order valence-corrected chi connectivity index (χ2v) is 11.8. The molecule has 3 aromatic rings. The second-order valence-electron chi connectivity index (χ2n) is 9.58. The van der Waals surface area contributed by atoms with Crippen molar-refractivity contribution in [1.82, 2.24) is 10.2 Å². The Morgan fingerprint density at radius 3 is 2.32 bits per heavy atom. The molecule has 1 atom stereocenters. The molecular weight excluding hydrogens is 559 g/mol. The van der Waals surface area contributed by atoms with Crippen LogP contribution in [-0.2, 0) is 28.3 Å². The fourth-order valence-electron chi connectivity index (χ4n) is 4.72. The van der Waals surface area contributed by atoms with Gasteiger partial charge in [-0.3, -0.25) is 9.59 Å². The molecule has 0 radical (unpaired) electrons. The van der Waals surface area contributed by atoms with Crippen LogP contribution in [0.1, 0.15) is 42.4 Å². The average Bonchev–Trinajstić information content (AvgIpc) is 3.41. The maximum Gasteiger partial charge on any atom is 0.243 e. The van der Waals surface area contributed by atoms with Gasteiger partial charge < -0.3 is 10.2 Å². The summed E-state index contributed by atoms with van der Waals surface area (Å²) >= 11 is 20.3. The summed E-state index contributed by atoms with van der Waals surface area (Å²) < 4.78 is 0. The van der Waals surface area contributed by atoms with Crippen molar-refractivity contribution in [3.8, 4) is 0 Å². The second kappa shape index (κ2) is 14.3. The van der Waals surface area contributed by atoms with E-state index in [4.69, 9.17) is 34.8 Å². The first-order valence-corrected chi connectivity index (χ1v) is 15.1. The minimum Gasteiger partial charge on any atom is -0.352 e. The van der Waals surface area contributed by atoms with Crippen LogP contribution in [-0.4, -0.2) is 34.6 Å². The number of carbonyl (C=O) groups is 2. The largest absolute Gasteiger partial charge is 0.352 e. The maximum absolute atomic E-state index is 13.8. The number of nitrogens with one attached hydrogen (secondary N) is 1. The number of hydrogen-bond donors (Lipinski definition) is 1. The lowest BCUT2D eigenvalue weighted by molar-refractivity contribution is -0.139. The van der Waals surface area contributed by atoms with Crippen molar-refractivity contribution in [2.45, 2.75) is 56.5 Å². The van der Waals surface area contributed by atoms with E-state index < -0.39 is 6.04 Å². The van der Waals surface area contributed by atoms with Gasteiger partial charge in [0.2, 0.25) is 11.8 Å². The number of carbonyl (C=O) groups excluding carboxylic acids is 2. The normalized spacial score (nSPS) is 14.3. The number of thioether (sulfide) groups is 1. The van der Waals surface area contributed by atoms with Crippen molar-refractivity contribution in [2.75, 3.05) is 5.75 Å². The molecular formula is C30H31Cl3N2O2S. The highest BCUT2D eigenvalue weighted by molar-refractivity contribution is 7.99. The molecule has 38 heavy (non-hydrogen) atoms. The highest BCUT2D eigenvalue weighted by Crippen LogP contribution is 2.26. The molecule has 0 aliphatic heterocycles. The van der Waals surface area contributed by atoms with Gasteiger partial charge in [0.1, 0.15) is 6.04 Å². The Morgan fingerprint density at radius 2 is 1.61 bits per heavy atom. The van der Waals surface area contributed by atoms with Crippen molar-refractivity contribution < 1.29 is 9.59 Å². The van der Waals surface area contributed by atoms with Gasteiger partial charge in [0, 0.05) is 39.8 Å². The van der Waals surface area contributed by atoms with E-state index in [2.05, 4.69) is 5.32 Å². The molecule has 1 unspecified atom stereocenters. The lowest BCUT2D eigenvalue weighted by Crippen LogP contribution is -2.52. The Bertz CT molecular complexity index is 1240. The highest BCUT2D eigenvalue weighted by Gasteiger charge is 2.32. The lowest BCUT2D eigenvalue weighted by Gasteiger charge is -2.32. The predicted molar refractivity (Wildman–Crippen MR) is 159 cm³/mol. The van der Waals surface area contributed by atoms with Gasteiger partial charge >= 0.3 is 0 Å². The molecule has 1 aliphatic rings. The third-order valence-corrected chi connectivity index (χ3v) is 8.52. The highest BCUT2D eigenvalue weighted by atomic mass is 35.5. The SMILES string of the molecule is O=C(NC1CCCC1)C(Cc1ccccc1)N(Cc1ccc(Cl)cc1Cl)C(=O)CSCc1cccc(Cl)c1. The van der Waals surface area contributed by atoms with Crippen LogP contribution < -0.4 is 5.32 Å². The molecule has 1 N–H and O–H groups in total. The quantitative estimate of drug-likeness (QED) is 0.251. The molecule has 4 rings (SSSR count). The molecule has 0 spiro atoms. The van der Waals surface area contributed by atoms with Gasteiger partial charge in [-0.25, -0.2) is 0 Å². The van der Waals surface area contributed by atoms with Crippen molar-refractivity contribution in [2.24, 2.45) is 0 Å². The first-order valence-electron chi connectivity index (χ1n) is 12.8. The van der Waals surface area contributed by atoms with Crippen LogP contribution in [0.3, 0.4) is 0 Å². The topological polar surface area (TPSA) is 49.4 Å². The Morgan fingerprint density at radius 1 is 0.895 bits per heavy atom. The zero-order valence-corrected chi connectivity index (χ0v) is 24.1. The zero-order valence-electron chi connectivity index (χ0n) is 21.0. The first-order chi connectivity index (χ1) is 18.4. The van der Waals surface area contributed by atoms with E-state index in [1.807, 2.05) is 60.7 Å². The fourth-order valence-corrected chi connectivity index (χ4v) is 6.26. The first kappa shape index (κ1) is 28.8. The van der Waals surface area contributed by atoms with E-state index >= 15 is 0 Å². The number of rotatable bonds is 11. The fraction of sp³-hybridized carbons (Fsp3) is 0.333. The smallest absolute Gasteiger partial charge is 0.243 e. The minimum atomic E-state index is -0.677. The Balaban J connectivity index is 1.59. The Hall–Kier alpha value is -2.18. The molecule has 0 saturated heterocycles. The van der Waals surface area contributed by atoms with Crippen LogP contribution in [0.5, 0.6) is 0 Å². The number of hydrogen-bond acceptors (Lipinski definition) is 3. The molecule has 0 heterocycles. The summed E-state index contributed by atoms with van der Waals surface area (Å²) in [6, 6.07) is 22.1. The van der Waals surface area contributed by atoms with Crippen LogP contribution in [0.4, 0.5) is 0 Å². The Labute approximate surface area is 244 Å².